The van der Waals surface area contributed by atoms with Crippen molar-refractivity contribution in [3.63, 3.8) is 0 Å². The summed E-state index contributed by atoms with van der Waals surface area (Å²) in [5.41, 5.74) is 0. The summed E-state index contributed by atoms with van der Waals surface area (Å²) >= 11 is 5.62. The lowest BCUT2D eigenvalue weighted by Crippen LogP contribution is -2.14. The summed E-state index contributed by atoms with van der Waals surface area (Å²) in [6, 6.07) is 0. The maximum atomic E-state index is 5.62. The molecule has 25 heavy (non-hydrogen) atoms. The highest BCUT2D eigenvalue weighted by Crippen LogP contribution is 2.01. The Kier molecular flexibility index (Phi) is 24.1. The highest BCUT2D eigenvalue weighted by atomic mass is 35.5. The zero-order valence-electron chi connectivity index (χ0n) is 15.8. The maximum absolute atomic E-state index is 5.62. The van der Waals surface area contributed by atoms with E-state index < -0.39 is 0 Å². The van der Waals surface area contributed by atoms with Gasteiger partial charge in [0, 0.05) is 19.1 Å². The Morgan fingerprint density at radius 2 is 0.800 bits per heavy atom. The fraction of sp³-hybridized carbons (Fsp3) is 1.00. The van der Waals surface area contributed by atoms with Crippen molar-refractivity contribution in [1.29, 1.82) is 0 Å². The van der Waals surface area contributed by atoms with Crippen molar-refractivity contribution in [1.82, 2.24) is 0 Å². The first-order chi connectivity index (χ1) is 12.4. The summed E-state index contributed by atoms with van der Waals surface area (Å²) in [7, 11) is 0. The molecular weight excluding hydrogens is 348 g/mol. The van der Waals surface area contributed by atoms with Crippen LogP contribution in [-0.2, 0) is 28.4 Å². The van der Waals surface area contributed by atoms with Crippen LogP contribution in [-0.4, -0.2) is 85.2 Å². The molecule has 0 N–H and O–H groups in total. The average Bonchev–Trinajstić information content (AvgIpc) is 2.63. The Balaban J connectivity index is 2.94. The molecule has 0 unspecified atom stereocenters. The second kappa shape index (κ2) is 24.1. The molecule has 0 aromatic rings. The molecule has 0 aromatic carbocycles. The SMILES string of the molecule is CCOCCOCCOCCOCCOCCOCCCCCCCl. The minimum absolute atomic E-state index is 0.571. The summed E-state index contributed by atoms with van der Waals surface area (Å²) in [5.74, 6) is 0.756. The highest BCUT2D eigenvalue weighted by molar-refractivity contribution is 6.17. The van der Waals surface area contributed by atoms with Gasteiger partial charge in [0.15, 0.2) is 0 Å². The summed E-state index contributed by atoms with van der Waals surface area (Å²) in [6.45, 7) is 9.46. The molecule has 0 saturated carbocycles. The number of halogens is 1. The number of hydrogen-bond acceptors (Lipinski definition) is 6. The van der Waals surface area contributed by atoms with Crippen LogP contribution in [0.25, 0.3) is 0 Å². The largest absolute Gasteiger partial charge is 0.379 e. The van der Waals surface area contributed by atoms with Gasteiger partial charge in [0.1, 0.15) is 0 Å². The van der Waals surface area contributed by atoms with Crippen molar-refractivity contribution in [2.75, 3.05) is 85.2 Å². The van der Waals surface area contributed by atoms with Gasteiger partial charge in [-0.25, -0.2) is 0 Å². The van der Waals surface area contributed by atoms with E-state index >= 15 is 0 Å². The van der Waals surface area contributed by atoms with Gasteiger partial charge in [-0.1, -0.05) is 12.8 Å². The molecular formula is C18H37ClO6. The Morgan fingerprint density at radius 3 is 1.20 bits per heavy atom. The van der Waals surface area contributed by atoms with Gasteiger partial charge >= 0.3 is 0 Å². The first-order valence-electron chi connectivity index (χ1n) is 9.44. The smallest absolute Gasteiger partial charge is 0.0701 e. The van der Waals surface area contributed by atoms with Crippen LogP contribution >= 0.6 is 11.6 Å². The Hall–Kier alpha value is 0.0500. The number of hydrogen-bond donors (Lipinski definition) is 0. The van der Waals surface area contributed by atoms with Crippen molar-refractivity contribution < 1.29 is 28.4 Å². The molecule has 0 fully saturated rings. The van der Waals surface area contributed by atoms with Crippen molar-refractivity contribution in [2.24, 2.45) is 0 Å². The summed E-state index contributed by atoms with van der Waals surface area (Å²) in [6.07, 6.45) is 4.56. The topological polar surface area (TPSA) is 55.4 Å². The van der Waals surface area contributed by atoms with Crippen molar-refractivity contribution in [2.45, 2.75) is 32.6 Å². The summed E-state index contributed by atoms with van der Waals surface area (Å²) in [5, 5.41) is 0. The molecule has 7 heteroatoms. The summed E-state index contributed by atoms with van der Waals surface area (Å²) in [4.78, 5) is 0. The molecule has 0 heterocycles. The van der Waals surface area contributed by atoms with Gasteiger partial charge in [-0.2, -0.15) is 0 Å². The molecule has 152 valence electrons. The van der Waals surface area contributed by atoms with Gasteiger partial charge in [0.2, 0.25) is 0 Å². The van der Waals surface area contributed by atoms with Crippen molar-refractivity contribution in [3.05, 3.63) is 0 Å². The van der Waals surface area contributed by atoms with Crippen molar-refractivity contribution in [3.8, 4) is 0 Å². The zero-order chi connectivity index (χ0) is 18.3. The van der Waals surface area contributed by atoms with Crippen LogP contribution in [0.4, 0.5) is 0 Å². The van der Waals surface area contributed by atoms with E-state index in [0.29, 0.717) is 66.1 Å². The van der Waals surface area contributed by atoms with Crippen LogP contribution in [0, 0.1) is 0 Å². The molecule has 0 radical (unpaired) electrons. The van der Waals surface area contributed by atoms with Gasteiger partial charge in [-0.3, -0.25) is 0 Å². The molecule has 0 spiro atoms. The van der Waals surface area contributed by atoms with E-state index in [2.05, 4.69) is 0 Å². The Labute approximate surface area is 158 Å². The second-order valence-electron chi connectivity index (χ2n) is 5.36. The quantitative estimate of drug-likeness (QED) is 0.211. The van der Waals surface area contributed by atoms with Crippen LogP contribution in [0.2, 0.25) is 0 Å². The molecule has 0 aromatic heterocycles. The zero-order valence-corrected chi connectivity index (χ0v) is 16.6. The van der Waals surface area contributed by atoms with Gasteiger partial charge in [-0.15, -0.1) is 11.6 Å². The predicted molar refractivity (Wildman–Crippen MR) is 99.8 cm³/mol. The van der Waals surface area contributed by atoms with E-state index in [4.69, 9.17) is 40.0 Å². The van der Waals surface area contributed by atoms with Gasteiger partial charge in [-0.05, 0) is 19.8 Å². The normalized spacial score (nSPS) is 11.3. The highest BCUT2D eigenvalue weighted by Gasteiger charge is 1.94. The molecule has 0 aliphatic rings. The molecule has 0 bridgehead atoms. The van der Waals surface area contributed by atoms with Crippen molar-refractivity contribution >= 4 is 11.6 Å². The third-order valence-electron chi connectivity index (χ3n) is 3.24. The van der Waals surface area contributed by atoms with Crippen LogP contribution in [0.15, 0.2) is 0 Å². The molecule has 0 saturated heterocycles. The van der Waals surface area contributed by atoms with E-state index in [1.807, 2.05) is 6.92 Å². The number of alkyl halides is 1. The lowest BCUT2D eigenvalue weighted by Gasteiger charge is -2.08. The molecule has 0 aliphatic heterocycles. The van der Waals surface area contributed by atoms with Crippen LogP contribution in [0.5, 0.6) is 0 Å². The second-order valence-corrected chi connectivity index (χ2v) is 5.74. The molecule has 0 amide bonds. The van der Waals surface area contributed by atoms with E-state index in [9.17, 15) is 0 Å². The predicted octanol–water partition coefficient (Wildman–Crippen LogP) is 2.91. The molecule has 0 atom stereocenters. The monoisotopic (exact) mass is 384 g/mol. The number of unbranched alkanes of at least 4 members (excludes halogenated alkanes) is 3. The summed E-state index contributed by atoms with van der Waals surface area (Å²) < 4.78 is 32.2. The first kappa shape index (κ1) is 25.1. The average molecular weight is 385 g/mol. The number of rotatable bonds is 22. The van der Waals surface area contributed by atoms with Crippen LogP contribution < -0.4 is 0 Å². The third kappa shape index (κ3) is 24.1. The van der Waals surface area contributed by atoms with E-state index in [-0.39, 0.29) is 0 Å². The van der Waals surface area contributed by atoms with E-state index in [1.54, 1.807) is 0 Å². The van der Waals surface area contributed by atoms with E-state index in [0.717, 1.165) is 31.9 Å². The van der Waals surface area contributed by atoms with Gasteiger partial charge < -0.3 is 28.4 Å². The first-order valence-corrected chi connectivity index (χ1v) is 9.97. The fourth-order valence-electron chi connectivity index (χ4n) is 1.90. The molecule has 0 aliphatic carbocycles. The fourth-order valence-corrected chi connectivity index (χ4v) is 2.09. The van der Waals surface area contributed by atoms with Crippen LogP contribution in [0.1, 0.15) is 32.6 Å². The lowest BCUT2D eigenvalue weighted by molar-refractivity contribution is -0.0163. The van der Waals surface area contributed by atoms with Crippen LogP contribution in [0.3, 0.4) is 0 Å². The maximum Gasteiger partial charge on any atom is 0.0701 e. The molecule has 0 rings (SSSR count). The van der Waals surface area contributed by atoms with Gasteiger partial charge in [0.25, 0.3) is 0 Å². The minimum atomic E-state index is 0.571. The minimum Gasteiger partial charge on any atom is -0.379 e. The Bertz CT molecular complexity index is 212. The number of ether oxygens (including phenoxy) is 6. The van der Waals surface area contributed by atoms with Gasteiger partial charge in [0.05, 0.1) is 66.1 Å². The lowest BCUT2D eigenvalue weighted by atomic mass is 10.2. The van der Waals surface area contributed by atoms with E-state index in [1.165, 1.54) is 12.8 Å². The molecule has 6 nitrogen and oxygen atoms in total. The standard InChI is InChI=1S/C18H37ClO6/c1-2-20-9-10-22-13-14-24-17-18-25-16-15-23-12-11-21-8-6-4-3-5-7-19/h2-18H2,1H3. The third-order valence-corrected chi connectivity index (χ3v) is 3.50. The Morgan fingerprint density at radius 1 is 0.440 bits per heavy atom.